The highest BCUT2D eigenvalue weighted by Crippen LogP contribution is 2.13. The average molecular weight is 257 g/mol. The van der Waals surface area contributed by atoms with Crippen LogP contribution in [0.2, 0.25) is 0 Å². The molecule has 3 nitrogen and oxygen atoms in total. The molecule has 1 fully saturated rings. The first-order chi connectivity index (χ1) is 9.19. The van der Waals surface area contributed by atoms with Crippen molar-refractivity contribution in [1.82, 2.24) is 10.2 Å². The molecule has 1 heterocycles. The monoisotopic (exact) mass is 257 g/mol. The Morgan fingerprint density at radius 3 is 2.74 bits per heavy atom. The second-order valence-electron chi connectivity index (χ2n) is 5.60. The Hall–Kier alpha value is -1.37. The Bertz CT molecular complexity index is 440. The molecule has 0 aliphatic carbocycles. The number of hydrogen-bond acceptors (Lipinski definition) is 3. The molecule has 1 aliphatic heterocycles. The molecule has 2 rings (SSSR count). The zero-order chi connectivity index (χ0) is 13.7. The van der Waals surface area contributed by atoms with Crippen LogP contribution in [0.15, 0.2) is 24.3 Å². The van der Waals surface area contributed by atoms with E-state index in [1.54, 1.807) is 0 Å². The van der Waals surface area contributed by atoms with Gasteiger partial charge in [0.1, 0.15) is 0 Å². The molecule has 1 aromatic carbocycles. The van der Waals surface area contributed by atoms with Gasteiger partial charge in [-0.1, -0.05) is 12.1 Å². The molecule has 1 saturated heterocycles. The van der Waals surface area contributed by atoms with Gasteiger partial charge in [-0.25, -0.2) is 0 Å². The van der Waals surface area contributed by atoms with Gasteiger partial charge in [-0.05, 0) is 57.5 Å². The van der Waals surface area contributed by atoms with E-state index < -0.39 is 0 Å². The van der Waals surface area contributed by atoms with Gasteiger partial charge in [0.2, 0.25) is 0 Å². The highest BCUT2D eigenvalue weighted by molar-refractivity contribution is 5.32. The summed E-state index contributed by atoms with van der Waals surface area (Å²) in [7, 11) is 0. The van der Waals surface area contributed by atoms with Gasteiger partial charge in [0, 0.05) is 18.6 Å². The zero-order valence-electron chi connectivity index (χ0n) is 11.9. The van der Waals surface area contributed by atoms with Crippen molar-refractivity contribution in [1.29, 1.82) is 5.26 Å². The predicted molar refractivity (Wildman–Crippen MR) is 77.7 cm³/mol. The number of nitriles is 1. The molecule has 0 radical (unpaired) electrons. The van der Waals surface area contributed by atoms with Gasteiger partial charge in [0.25, 0.3) is 0 Å². The van der Waals surface area contributed by atoms with E-state index >= 15 is 0 Å². The van der Waals surface area contributed by atoms with E-state index in [0.717, 1.165) is 12.1 Å². The topological polar surface area (TPSA) is 39.1 Å². The lowest BCUT2D eigenvalue weighted by atomic mass is 10.0. The molecule has 0 atom stereocenters. The van der Waals surface area contributed by atoms with E-state index in [2.05, 4.69) is 36.2 Å². The van der Waals surface area contributed by atoms with Gasteiger partial charge < -0.3 is 10.2 Å². The third kappa shape index (κ3) is 4.05. The quantitative estimate of drug-likeness (QED) is 0.901. The molecule has 102 valence electrons. The van der Waals surface area contributed by atoms with E-state index in [4.69, 9.17) is 5.26 Å². The summed E-state index contributed by atoms with van der Waals surface area (Å²) in [5, 5.41) is 12.5. The molecule has 0 unspecified atom stereocenters. The number of hydrogen-bond donors (Lipinski definition) is 1. The summed E-state index contributed by atoms with van der Waals surface area (Å²) in [6.45, 7) is 7.77. The van der Waals surface area contributed by atoms with Gasteiger partial charge in [-0.15, -0.1) is 0 Å². The first-order valence-corrected chi connectivity index (χ1v) is 7.15. The maximum atomic E-state index is 8.88. The van der Waals surface area contributed by atoms with Gasteiger partial charge >= 0.3 is 0 Å². The first kappa shape index (κ1) is 14.0. The van der Waals surface area contributed by atoms with Crippen molar-refractivity contribution < 1.29 is 0 Å². The van der Waals surface area contributed by atoms with Crippen LogP contribution in [-0.2, 0) is 6.54 Å². The fourth-order valence-electron chi connectivity index (χ4n) is 2.63. The summed E-state index contributed by atoms with van der Waals surface area (Å²) < 4.78 is 0. The third-order valence-corrected chi connectivity index (χ3v) is 3.91. The molecule has 3 heteroatoms. The summed E-state index contributed by atoms with van der Waals surface area (Å²) in [6.07, 6.45) is 2.44. The lowest BCUT2D eigenvalue weighted by Crippen LogP contribution is -2.44. The van der Waals surface area contributed by atoms with Crippen LogP contribution in [0.5, 0.6) is 0 Å². The molecule has 19 heavy (non-hydrogen) atoms. The standard InChI is InChI=1S/C16H23N3/c1-13(2)19-8-6-16(7-9-19)18-12-15-5-3-4-14(10-15)11-17/h3-5,10,13,16,18H,6-9,12H2,1-2H3. The largest absolute Gasteiger partial charge is 0.310 e. The molecule has 1 N–H and O–H groups in total. The minimum absolute atomic E-state index is 0.612. The molecule has 1 aliphatic rings. The maximum absolute atomic E-state index is 8.88. The second kappa shape index (κ2) is 6.70. The molecule has 0 bridgehead atoms. The molecule has 0 amide bonds. The predicted octanol–water partition coefficient (Wildman–Crippen LogP) is 2.52. The van der Waals surface area contributed by atoms with Crippen molar-refractivity contribution >= 4 is 0 Å². The lowest BCUT2D eigenvalue weighted by molar-refractivity contribution is 0.161. The van der Waals surface area contributed by atoms with Crippen LogP contribution in [0.25, 0.3) is 0 Å². The number of rotatable bonds is 4. The fraction of sp³-hybridized carbons (Fsp3) is 0.562. The third-order valence-electron chi connectivity index (χ3n) is 3.91. The summed E-state index contributed by atoms with van der Waals surface area (Å²) in [5.41, 5.74) is 1.94. The van der Waals surface area contributed by atoms with E-state index in [1.165, 1.54) is 31.5 Å². The highest BCUT2D eigenvalue weighted by Gasteiger charge is 2.20. The van der Waals surface area contributed by atoms with Crippen LogP contribution >= 0.6 is 0 Å². The Kier molecular flexibility index (Phi) is 4.95. The van der Waals surface area contributed by atoms with E-state index in [-0.39, 0.29) is 0 Å². The van der Waals surface area contributed by atoms with Crippen molar-refractivity contribution in [3.8, 4) is 6.07 Å². The average Bonchev–Trinajstić information content (AvgIpc) is 2.46. The summed E-state index contributed by atoms with van der Waals surface area (Å²) in [4.78, 5) is 2.54. The number of piperidine rings is 1. The second-order valence-corrected chi connectivity index (χ2v) is 5.60. The SMILES string of the molecule is CC(C)N1CCC(NCc2cccc(C#N)c2)CC1. The molecular weight excluding hydrogens is 234 g/mol. The summed E-state index contributed by atoms with van der Waals surface area (Å²) in [5.74, 6) is 0. The van der Waals surface area contributed by atoms with E-state index in [1.807, 2.05) is 18.2 Å². The van der Waals surface area contributed by atoms with Gasteiger partial charge in [-0.2, -0.15) is 5.26 Å². The smallest absolute Gasteiger partial charge is 0.0991 e. The van der Waals surface area contributed by atoms with Crippen molar-refractivity contribution in [2.45, 2.75) is 45.3 Å². The highest BCUT2D eigenvalue weighted by atomic mass is 15.2. The van der Waals surface area contributed by atoms with Crippen molar-refractivity contribution in [3.05, 3.63) is 35.4 Å². The maximum Gasteiger partial charge on any atom is 0.0991 e. The van der Waals surface area contributed by atoms with Crippen molar-refractivity contribution in [3.63, 3.8) is 0 Å². The lowest BCUT2D eigenvalue weighted by Gasteiger charge is -2.35. The van der Waals surface area contributed by atoms with Crippen LogP contribution in [0, 0.1) is 11.3 Å². The van der Waals surface area contributed by atoms with Gasteiger partial charge in [0.15, 0.2) is 0 Å². The van der Waals surface area contributed by atoms with Gasteiger partial charge in [0.05, 0.1) is 11.6 Å². The summed E-state index contributed by atoms with van der Waals surface area (Å²) in [6, 6.07) is 11.3. The molecule has 1 aromatic rings. The van der Waals surface area contributed by atoms with Crippen LogP contribution in [0.1, 0.15) is 37.8 Å². The van der Waals surface area contributed by atoms with Crippen molar-refractivity contribution in [2.75, 3.05) is 13.1 Å². The zero-order valence-corrected chi connectivity index (χ0v) is 11.9. The molecule has 0 saturated carbocycles. The minimum Gasteiger partial charge on any atom is -0.310 e. The first-order valence-electron chi connectivity index (χ1n) is 7.15. The van der Waals surface area contributed by atoms with Crippen molar-refractivity contribution in [2.24, 2.45) is 0 Å². The Balaban J connectivity index is 1.79. The van der Waals surface area contributed by atoms with Crippen LogP contribution in [0.4, 0.5) is 0 Å². The Morgan fingerprint density at radius 2 is 2.11 bits per heavy atom. The van der Waals surface area contributed by atoms with Crippen LogP contribution in [-0.4, -0.2) is 30.1 Å². The van der Waals surface area contributed by atoms with Gasteiger partial charge in [-0.3, -0.25) is 0 Å². The van der Waals surface area contributed by atoms with E-state index in [0.29, 0.717) is 12.1 Å². The Labute approximate surface area is 116 Å². The summed E-state index contributed by atoms with van der Waals surface area (Å²) >= 11 is 0. The van der Waals surface area contributed by atoms with Crippen LogP contribution < -0.4 is 5.32 Å². The van der Waals surface area contributed by atoms with Crippen LogP contribution in [0.3, 0.4) is 0 Å². The number of benzene rings is 1. The minimum atomic E-state index is 0.612. The molecular formula is C16H23N3. The normalized spacial score (nSPS) is 17.6. The number of nitrogens with one attached hydrogen (secondary N) is 1. The molecule has 0 spiro atoms. The Morgan fingerprint density at radius 1 is 1.37 bits per heavy atom. The number of likely N-dealkylation sites (tertiary alicyclic amines) is 1. The molecule has 0 aromatic heterocycles. The van der Waals surface area contributed by atoms with E-state index in [9.17, 15) is 0 Å². The fourth-order valence-corrected chi connectivity index (χ4v) is 2.63. The number of nitrogens with zero attached hydrogens (tertiary/aromatic N) is 2.